The Hall–Kier alpha value is -0.300. The van der Waals surface area contributed by atoms with Gasteiger partial charge in [0.1, 0.15) is 0 Å². The van der Waals surface area contributed by atoms with Crippen molar-refractivity contribution in [1.82, 2.24) is 0 Å². The molecular formula is C17H25Br. The molecule has 1 saturated carbocycles. The van der Waals surface area contributed by atoms with E-state index >= 15 is 0 Å². The molecule has 0 spiro atoms. The molecule has 1 aromatic rings. The van der Waals surface area contributed by atoms with E-state index in [-0.39, 0.29) is 0 Å². The van der Waals surface area contributed by atoms with Crippen LogP contribution < -0.4 is 0 Å². The Morgan fingerprint density at radius 3 is 1.89 bits per heavy atom. The fourth-order valence-corrected chi connectivity index (χ4v) is 4.56. The third kappa shape index (κ3) is 2.27. The lowest BCUT2D eigenvalue weighted by Gasteiger charge is -2.33. The van der Waals surface area contributed by atoms with Crippen molar-refractivity contribution in [3.63, 3.8) is 0 Å². The summed E-state index contributed by atoms with van der Waals surface area (Å²) in [6, 6.07) is 2.32. The van der Waals surface area contributed by atoms with Gasteiger partial charge in [-0.05, 0) is 73.8 Å². The zero-order valence-corrected chi connectivity index (χ0v) is 13.9. The Kier molecular flexibility index (Phi) is 3.92. The SMILES string of the molecule is Cc1cc(C)c(C)c(C(Br)C2(C)CCCC2)c1C. The first-order chi connectivity index (χ1) is 8.37. The smallest absolute Gasteiger partial charge is 0.0454 e. The summed E-state index contributed by atoms with van der Waals surface area (Å²) in [5.74, 6) is 0. The molecule has 0 bridgehead atoms. The first-order valence-electron chi connectivity index (χ1n) is 7.08. The highest BCUT2D eigenvalue weighted by molar-refractivity contribution is 9.09. The predicted octanol–water partition coefficient (Wildman–Crippen LogP) is 5.94. The van der Waals surface area contributed by atoms with Crippen molar-refractivity contribution >= 4 is 15.9 Å². The van der Waals surface area contributed by atoms with Crippen molar-refractivity contribution in [2.24, 2.45) is 5.41 Å². The molecule has 0 nitrogen and oxygen atoms in total. The summed E-state index contributed by atoms with van der Waals surface area (Å²) in [7, 11) is 0. The van der Waals surface area contributed by atoms with E-state index in [1.165, 1.54) is 47.9 Å². The van der Waals surface area contributed by atoms with E-state index in [0.29, 0.717) is 10.2 Å². The maximum absolute atomic E-state index is 4.04. The quantitative estimate of drug-likeness (QED) is 0.593. The predicted molar refractivity (Wildman–Crippen MR) is 83.6 cm³/mol. The van der Waals surface area contributed by atoms with Gasteiger partial charge in [0.25, 0.3) is 0 Å². The van der Waals surface area contributed by atoms with Crippen LogP contribution in [0.2, 0.25) is 0 Å². The van der Waals surface area contributed by atoms with E-state index in [4.69, 9.17) is 0 Å². The van der Waals surface area contributed by atoms with Crippen molar-refractivity contribution < 1.29 is 0 Å². The van der Waals surface area contributed by atoms with Gasteiger partial charge >= 0.3 is 0 Å². The van der Waals surface area contributed by atoms with E-state index in [0.717, 1.165) is 0 Å². The zero-order valence-electron chi connectivity index (χ0n) is 12.4. The molecule has 0 N–H and O–H groups in total. The lowest BCUT2D eigenvalue weighted by atomic mass is 9.78. The Morgan fingerprint density at radius 2 is 1.44 bits per heavy atom. The minimum atomic E-state index is 0.440. The van der Waals surface area contributed by atoms with Gasteiger partial charge in [-0.1, -0.05) is 41.8 Å². The third-order valence-corrected chi connectivity index (χ3v) is 6.60. The molecule has 0 aliphatic heterocycles. The minimum absolute atomic E-state index is 0.440. The van der Waals surface area contributed by atoms with Crippen LogP contribution in [-0.2, 0) is 0 Å². The first-order valence-corrected chi connectivity index (χ1v) is 8.00. The lowest BCUT2D eigenvalue weighted by Crippen LogP contribution is -2.20. The van der Waals surface area contributed by atoms with Crippen LogP contribution in [0.1, 0.15) is 65.3 Å². The molecule has 1 aromatic carbocycles. The average Bonchev–Trinajstić information content (AvgIpc) is 2.75. The fourth-order valence-electron chi connectivity index (χ4n) is 3.41. The number of benzene rings is 1. The average molecular weight is 309 g/mol. The molecule has 2 rings (SSSR count). The maximum atomic E-state index is 4.04. The van der Waals surface area contributed by atoms with Gasteiger partial charge in [0.2, 0.25) is 0 Å². The van der Waals surface area contributed by atoms with E-state index < -0.39 is 0 Å². The topological polar surface area (TPSA) is 0 Å². The lowest BCUT2D eigenvalue weighted by molar-refractivity contribution is 0.330. The van der Waals surface area contributed by atoms with Gasteiger partial charge in [0.05, 0.1) is 0 Å². The summed E-state index contributed by atoms with van der Waals surface area (Å²) in [6.07, 6.45) is 5.49. The first kappa shape index (κ1) is 14.1. The molecule has 18 heavy (non-hydrogen) atoms. The van der Waals surface area contributed by atoms with E-state index in [9.17, 15) is 0 Å². The van der Waals surface area contributed by atoms with Crippen LogP contribution in [0.3, 0.4) is 0 Å². The second-order valence-corrected chi connectivity index (χ2v) is 7.31. The van der Waals surface area contributed by atoms with Gasteiger partial charge in [0, 0.05) is 4.83 Å². The maximum Gasteiger partial charge on any atom is 0.0454 e. The van der Waals surface area contributed by atoms with Gasteiger partial charge in [-0.25, -0.2) is 0 Å². The van der Waals surface area contributed by atoms with Gasteiger partial charge in [0.15, 0.2) is 0 Å². The van der Waals surface area contributed by atoms with Crippen molar-refractivity contribution in [3.05, 3.63) is 33.9 Å². The van der Waals surface area contributed by atoms with Crippen molar-refractivity contribution in [2.45, 2.75) is 65.1 Å². The molecule has 0 heterocycles. The van der Waals surface area contributed by atoms with Crippen molar-refractivity contribution in [3.8, 4) is 0 Å². The molecule has 0 saturated heterocycles. The molecular weight excluding hydrogens is 284 g/mol. The van der Waals surface area contributed by atoms with Gasteiger partial charge in [-0.3, -0.25) is 0 Å². The monoisotopic (exact) mass is 308 g/mol. The molecule has 0 radical (unpaired) electrons. The van der Waals surface area contributed by atoms with Crippen LogP contribution in [0.25, 0.3) is 0 Å². The number of rotatable bonds is 2. The Morgan fingerprint density at radius 1 is 1.00 bits per heavy atom. The van der Waals surface area contributed by atoms with Crippen LogP contribution in [0.15, 0.2) is 6.07 Å². The van der Waals surface area contributed by atoms with E-state index in [2.05, 4.69) is 56.6 Å². The highest BCUT2D eigenvalue weighted by atomic mass is 79.9. The van der Waals surface area contributed by atoms with Gasteiger partial charge < -0.3 is 0 Å². The summed E-state index contributed by atoms with van der Waals surface area (Å²) in [4.78, 5) is 0.506. The Labute approximate surface area is 120 Å². The number of halogens is 1. The zero-order chi connectivity index (χ0) is 13.5. The Balaban J connectivity index is 2.50. The molecule has 1 aliphatic rings. The van der Waals surface area contributed by atoms with Gasteiger partial charge in [-0.15, -0.1) is 0 Å². The summed E-state index contributed by atoms with van der Waals surface area (Å²) in [6.45, 7) is 11.5. The van der Waals surface area contributed by atoms with Crippen LogP contribution >= 0.6 is 15.9 Å². The second-order valence-electron chi connectivity index (χ2n) is 6.40. The molecule has 1 heteroatoms. The molecule has 1 atom stereocenters. The molecule has 1 aliphatic carbocycles. The summed E-state index contributed by atoms with van der Waals surface area (Å²) < 4.78 is 0. The molecule has 0 aromatic heterocycles. The number of alkyl halides is 1. The van der Waals surface area contributed by atoms with Crippen LogP contribution in [-0.4, -0.2) is 0 Å². The summed E-state index contributed by atoms with van der Waals surface area (Å²) in [5, 5.41) is 0. The highest BCUT2D eigenvalue weighted by Gasteiger charge is 2.37. The van der Waals surface area contributed by atoms with Crippen LogP contribution in [0.5, 0.6) is 0 Å². The normalized spacial score (nSPS) is 20.1. The highest BCUT2D eigenvalue weighted by Crippen LogP contribution is 2.53. The minimum Gasteiger partial charge on any atom is -0.0833 e. The largest absolute Gasteiger partial charge is 0.0833 e. The number of aryl methyl sites for hydroxylation is 2. The molecule has 100 valence electrons. The molecule has 1 unspecified atom stereocenters. The van der Waals surface area contributed by atoms with E-state index in [1.807, 2.05) is 0 Å². The third-order valence-electron chi connectivity index (χ3n) is 5.04. The molecule has 1 fully saturated rings. The van der Waals surface area contributed by atoms with Crippen molar-refractivity contribution in [2.75, 3.05) is 0 Å². The second kappa shape index (κ2) is 5.00. The number of hydrogen-bond donors (Lipinski definition) is 0. The number of hydrogen-bond acceptors (Lipinski definition) is 0. The summed E-state index contributed by atoms with van der Waals surface area (Å²) >= 11 is 4.04. The van der Waals surface area contributed by atoms with Gasteiger partial charge in [-0.2, -0.15) is 0 Å². The van der Waals surface area contributed by atoms with Crippen LogP contribution in [0.4, 0.5) is 0 Å². The summed E-state index contributed by atoms with van der Waals surface area (Å²) in [5.41, 5.74) is 7.81. The Bertz CT molecular complexity index is 427. The molecule has 0 amide bonds. The fraction of sp³-hybridized carbons (Fsp3) is 0.647. The standard InChI is InChI=1S/C17H25Br/c1-11-10-12(2)14(4)15(13(11)3)16(18)17(5)8-6-7-9-17/h10,16H,6-9H2,1-5H3. The van der Waals surface area contributed by atoms with Crippen molar-refractivity contribution in [1.29, 1.82) is 0 Å². The van der Waals surface area contributed by atoms with E-state index in [1.54, 1.807) is 5.56 Å². The van der Waals surface area contributed by atoms with Crippen LogP contribution in [0, 0.1) is 33.1 Å².